The van der Waals surface area contributed by atoms with Crippen molar-refractivity contribution in [3.05, 3.63) is 33.8 Å². The highest BCUT2D eigenvalue weighted by Gasteiger charge is 2.13. The summed E-state index contributed by atoms with van der Waals surface area (Å²) in [6.45, 7) is 0.471. The third-order valence-corrected chi connectivity index (χ3v) is 2.79. The van der Waals surface area contributed by atoms with Crippen LogP contribution in [0.25, 0.3) is 0 Å². The third-order valence-electron chi connectivity index (χ3n) is 2.15. The Labute approximate surface area is 115 Å². The summed E-state index contributed by atoms with van der Waals surface area (Å²) in [6, 6.07) is 4.73. The van der Waals surface area contributed by atoms with Gasteiger partial charge in [0, 0.05) is 35.6 Å². The van der Waals surface area contributed by atoms with Crippen molar-refractivity contribution in [2.75, 3.05) is 13.6 Å². The van der Waals surface area contributed by atoms with Crippen LogP contribution in [-0.4, -0.2) is 29.4 Å². The van der Waals surface area contributed by atoms with E-state index in [0.717, 1.165) is 0 Å². The number of rotatable bonds is 4. The van der Waals surface area contributed by atoms with Crippen LogP contribution in [0.15, 0.2) is 18.2 Å². The maximum Gasteiger partial charge on any atom is 0.253 e. The zero-order valence-corrected chi connectivity index (χ0v) is 11.6. The number of carbonyl (C=O) groups is 1. The van der Waals surface area contributed by atoms with Crippen LogP contribution in [0.3, 0.4) is 0 Å². The molecule has 0 aliphatic heterocycles. The molecular weight excluding hydrogens is 279 g/mol. The second kappa shape index (κ2) is 6.19. The molecule has 0 unspecified atom stereocenters. The number of hydrogen-bond donors (Lipinski definition) is 1. The molecule has 0 aliphatic rings. The van der Waals surface area contributed by atoms with Gasteiger partial charge in [-0.05, 0) is 18.2 Å². The van der Waals surface area contributed by atoms with Crippen LogP contribution in [0.2, 0.25) is 10.0 Å². The Morgan fingerprint density at radius 2 is 1.88 bits per heavy atom. The minimum absolute atomic E-state index is 0.161. The van der Waals surface area contributed by atoms with E-state index in [0.29, 0.717) is 33.6 Å². The highest BCUT2D eigenvalue weighted by molar-refractivity contribution is 7.80. The summed E-state index contributed by atoms with van der Waals surface area (Å²) in [4.78, 5) is 13.9. The summed E-state index contributed by atoms with van der Waals surface area (Å²) in [7, 11) is 1.68. The fraction of sp³-hybridized carbons (Fsp3) is 0.273. The first kappa shape index (κ1) is 14.2. The molecule has 1 rings (SSSR count). The van der Waals surface area contributed by atoms with Gasteiger partial charge in [0.1, 0.15) is 0 Å². The standard InChI is InChI=1S/C11H12Cl2N2OS/c1-15(3-2-10(14)17)11(16)7-4-8(12)6-9(13)5-7/h4-6H,2-3H2,1H3,(H2,14,17). The van der Waals surface area contributed by atoms with Gasteiger partial charge < -0.3 is 10.6 Å². The van der Waals surface area contributed by atoms with Gasteiger partial charge in [-0.1, -0.05) is 35.4 Å². The summed E-state index contributed by atoms with van der Waals surface area (Å²) >= 11 is 16.4. The van der Waals surface area contributed by atoms with E-state index in [1.165, 1.54) is 4.90 Å². The van der Waals surface area contributed by atoms with Gasteiger partial charge in [-0.2, -0.15) is 0 Å². The minimum atomic E-state index is -0.161. The molecule has 6 heteroatoms. The quantitative estimate of drug-likeness (QED) is 0.868. The molecule has 0 bridgehead atoms. The van der Waals surface area contributed by atoms with E-state index in [1.807, 2.05) is 0 Å². The SMILES string of the molecule is CN(CCC(N)=S)C(=O)c1cc(Cl)cc(Cl)c1. The zero-order chi connectivity index (χ0) is 13.0. The first-order valence-corrected chi connectivity index (χ1v) is 6.06. The average molecular weight is 291 g/mol. The number of amides is 1. The molecule has 1 aromatic carbocycles. The monoisotopic (exact) mass is 290 g/mol. The summed E-state index contributed by atoms with van der Waals surface area (Å²) in [6.07, 6.45) is 0.492. The number of halogens is 2. The number of hydrogen-bond acceptors (Lipinski definition) is 2. The van der Waals surface area contributed by atoms with E-state index in [2.05, 4.69) is 0 Å². The number of nitrogens with two attached hydrogens (primary N) is 1. The Bertz CT molecular complexity index is 431. The molecule has 92 valence electrons. The largest absolute Gasteiger partial charge is 0.393 e. The zero-order valence-electron chi connectivity index (χ0n) is 9.24. The Hall–Kier alpha value is -0.840. The predicted molar refractivity (Wildman–Crippen MR) is 74.8 cm³/mol. The molecule has 1 amide bonds. The molecule has 0 heterocycles. The molecule has 3 nitrogen and oxygen atoms in total. The summed E-state index contributed by atoms with van der Waals surface area (Å²) < 4.78 is 0. The first-order valence-electron chi connectivity index (χ1n) is 4.90. The second-order valence-corrected chi connectivity index (χ2v) is 5.00. The molecule has 0 aliphatic carbocycles. The molecule has 1 aromatic rings. The van der Waals surface area contributed by atoms with Gasteiger partial charge in [0.25, 0.3) is 5.91 Å². The number of nitrogens with zero attached hydrogens (tertiary/aromatic N) is 1. The van der Waals surface area contributed by atoms with Crippen molar-refractivity contribution in [3.8, 4) is 0 Å². The maximum atomic E-state index is 12.0. The molecule has 0 fully saturated rings. The lowest BCUT2D eigenvalue weighted by Gasteiger charge is -2.17. The van der Waals surface area contributed by atoms with Crippen LogP contribution in [-0.2, 0) is 0 Å². The minimum Gasteiger partial charge on any atom is -0.393 e. The highest BCUT2D eigenvalue weighted by atomic mass is 35.5. The van der Waals surface area contributed by atoms with E-state index in [9.17, 15) is 4.79 Å². The summed E-state index contributed by atoms with van der Waals surface area (Å²) in [5.41, 5.74) is 5.83. The molecule has 0 radical (unpaired) electrons. The van der Waals surface area contributed by atoms with Crippen molar-refractivity contribution in [2.24, 2.45) is 5.73 Å². The lowest BCUT2D eigenvalue weighted by atomic mass is 10.2. The topological polar surface area (TPSA) is 46.3 Å². The molecule has 0 atom stereocenters. The second-order valence-electron chi connectivity index (χ2n) is 3.60. The van der Waals surface area contributed by atoms with E-state index in [-0.39, 0.29) is 5.91 Å². The van der Waals surface area contributed by atoms with Crippen molar-refractivity contribution < 1.29 is 4.79 Å². The fourth-order valence-corrected chi connectivity index (χ4v) is 1.89. The average Bonchev–Trinajstić information content (AvgIpc) is 2.23. The maximum absolute atomic E-state index is 12.0. The van der Waals surface area contributed by atoms with Crippen molar-refractivity contribution in [3.63, 3.8) is 0 Å². The van der Waals surface area contributed by atoms with Crippen LogP contribution in [0.5, 0.6) is 0 Å². The summed E-state index contributed by atoms with van der Waals surface area (Å²) in [5, 5.41) is 0.868. The fourth-order valence-electron chi connectivity index (χ4n) is 1.28. The summed E-state index contributed by atoms with van der Waals surface area (Å²) in [5.74, 6) is -0.161. The van der Waals surface area contributed by atoms with E-state index in [1.54, 1.807) is 25.2 Å². The van der Waals surface area contributed by atoms with Gasteiger partial charge in [0.05, 0.1) is 4.99 Å². The number of carbonyl (C=O) groups excluding carboxylic acids is 1. The molecule has 17 heavy (non-hydrogen) atoms. The lowest BCUT2D eigenvalue weighted by Crippen LogP contribution is -2.30. The number of thiocarbonyl (C=S) groups is 1. The molecule has 2 N–H and O–H groups in total. The lowest BCUT2D eigenvalue weighted by molar-refractivity contribution is 0.0799. The van der Waals surface area contributed by atoms with Crippen LogP contribution < -0.4 is 5.73 Å². The Balaban J connectivity index is 2.77. The molecule has 0 saturated heterocycles. The molecule has 0 aromatic heterocycles. The van der Waals surface area contributed by atoms with Gasteiger partial charge >= 0.3 is 0 Å². The number of benzene rings is 1. The Morgan fingerprint density at radius 1 is 1.35 bits per heavy atom. The van der Waals surface area contributed by atoms with E-state index in [4.69, 9.17) is 41.2 Å². The van der Waals surface area contributed by atoms with Gasteiger partial charge in [-0.3, -0.25) is 4.79 Å². The van der Waals surface area contributed by atoms with Crippen molar-refractivity contribution in [1.29, 1.82) is 0 Å². The van der Waals surface area contributed by atoms with Crippen LogP contribution in [0.4, 0.5) is 0 Å². The third kappa shape index (κ3) is 4.50. The van der Waals surface area contributed by atoms with Crippen molar-refractivity contribution >= 4 is 46.3 Å². The molecule has 0 spiro atoms. The Morgan fingerprint density at radius 3 is 2.35 bits per heavy atom. The molecular formula is C11H12Cl2N2OS. The first-order chi connectivity index (χ1) is 7.90. The normalized spacial score (nSPS) is 10.1. The van der Waals surface area contributed by atoms with E-state index >= 15 is 0 Å². The van der Waals surface area contributed by atoms with Gasteiger partial charge in [-0.15, -0.1) is 0 Å². The smallest absolute Gasteiger partial charge is 0.253 e. The van der Waals surface area contributed by atoms with Gasteiger partial charge in [-0.25, -0.2) is 0 Å². The van der Waals surface area contributed by atoms with Crippen LogP contribution in [0, 0.1) is 0 Å². The van der Waals surface area contributed by atoms with Gasteiger partial charge in [0.2, 0.25) is 0 Å². The van der Waals surface area contributed by atoms with Crippen LogP contribution >= 0.6 is 35.4 Å². The highest BCUT2D eigenvalue weighted by Crippen LogP contribution is 2.19. The van der Waals surface area contributed by atoms with Crippen molar-refractivity contribution in [2.45, 2.75) is 6.42 Å². The van der Waals surface area contributed by atoms with E-state index < -0.39 is 0 Å². The predicted octanol–water partition coefficient (Wildman–Crippen LogP) is 2.74. The van der Waals surface area contributed by atoms with Gasteiger partial charge in [0.15, 0.2) is 0 Å². The Kier molecular flexibility index (Phi) is 5.18. The van der Waals surface area contributed by atoms with Crippen molar-refractivity contribution in [1.82, 2.24) is 4.90 Å². The molecule has 0 saturated carbocycles. The van der Waals surface area contributed by atoms with Crippen LogP contribution in [0.1, 0.15) is 16.8 Å².